The molecule has 0 bridgehead atoms. The molecule has 86 valence electrons. The van der Waals surface area contributed by atoms with Crippen molar-refractivity contribution in [1.82, 2.24) is 9.13 Å². The van der Waals surface area contributed by atoms with Crippen molar-refractivity contribution in [2.24, 2.45) is 12.0 Å². The van der Waals surface area contributed by atoms with Gasteiger partial charge in [0.25, 0.3) is 0 Å². The molecule has 0 amide bonds. The van der Waals surface area contributed by atoms with E-state index in [0.717, 1.165) is 11.3 Å². The van der Waals surface area contributed by atoms with Crippen LogP contribution in [0.1, 0.15) is 5.56 Å². The molecular formula is C12H11N3O2. The van der Waals surface area contributed by atoms with Crippen molar-refractivity contribution in [3.05, 3.63) is 52.7 Å². The molecule has 5 nitrogen and oxygen atoms in total. The molecular weight excluding hydrogens is 218 g/mol. The van der Waals surface area contributed by atoms with Gasteiger partial charge in [-0.2, -0.15) is 0 Å². The minimum atomic E-state index is -0.110. The number of hydrogen-bond acceptors (Lipinski definition) is 3. The van der Waals surface area contributed by atoms with Crippen LogP contribution in [-0.2, 0) is 18.4 Å². The lowest BCUT2D eigenvalue weighted by Crippen LogP contribution is -2.20. The molecule has 0 aliphatic rings. The van der Waals surface area contributed by atoms with Gasteiger partial charge in [-0.3, -0.25) is 4.57 Å². The molecule has 0 saturated heterocycles. The highest BCUT2D eigenvalue weighted by molar-refractivity contribution is 5.38. The van der Waals surface area contributed by atoms with Gasteiger partial charge in [-0.1, -0.05) is 12.1 Å². The quantitative estimate of drug-likeness (QED) is 0.582. The topological polar surface area (TPSA) is 56.4 Å². The fourth-order valence-corrected chi connectivity index (χ4v) is 1.59. The number of carbonyl (C=O) groups excluding carboxylic acids is 1. The van der Waals surface area contributed by atoms with Gasteiger partial charge < -0.3 is 4.57 Å². The molecule has 1 aromatic heterocycles. The fourth-order valence-electron chi connectivity index (χ4n) is 1.59. The SMILES string of the molecule is Cn1ccn(-c2cccc(CN=C=O)c2)c1=O. The molecule has 0 saturated carbocycles. The summed E-state index contributed by atoms with van der Waals surface area (Å²) in [5, 5.41) is 0. The number of aromatic nitrogens is 2. The molecule has 1 aromatic carbocycles. The van der Waals surface area contributed by atoms with E-state index >= 15 is 0 Å². The maximum Gasteiger partial charge on any atom is 0.332 e. The first-order valence-electron chi connectivity index (χ1n) is 5.09. The van der Waals surface area contributed by atoms with Crippen molar-refractivity contribution in [2.45, 2.75) is 6.54 Å². The van der Waals surface area contributed by atoms with Crippen molar-refractivity contribution in [3.8, 4) is 5.69 Å². The monoisotopic (exact) mass is 229 g/mol. The van der Waals surface area contributed by atoms with Crippen LogP contribution in [0.2, 0.25) is 0 Å². The Morgan fingerprint density at radius 3 is 2.82 bits per heavy atom. The summed E-state index contributed by atoms with van der Waals surface area (Å²) in [6.07, 6.45) is 4.89. The molecule has 0 unspecified atom stereocenters. The van der Waals surface area contributed by atoms with Gasteiger partial charge in [0.15, 0.2) is 0 Å². The van der Waals surface area contributed by atoms with E-state index in [-0.39, 0.29) is 12.2 Å². The summed E-state index contributed by atoms with van der Waals surface area (Å²) in [6.45, 7) is 0.277. The summed E-state index contributed by atoms with van der Waals surface area (Å²) >= 11 is 0. The molecule has 0 radical (unpaired) electrons. The molecule has 0 aliphatic heterocycles. The smallest absolute Gasteiger partial charge is 0.302 e. The summed E-state index contributed by atoms with van der Waals surface area (Å²) in [6, 6.07) is 7.32. The summed E-state index contributed by atoms with van der Waals surface area (Å²) < 4.78 is 3.03. The van der Waals surface area contributed by atoms with Crippen molar-refractivity contribution in [3.63, 3.8) is 0 Å². The van der Waals surface area contributed by atoms with Gasteiger partial charge in [0, 0.05) is 19.4 Å². The average molecular weight is 229 g/mol. The van der Waals surface area contributed by atoms with Crippen LogP contribution < -0.4 is 5.69 Å². The second-order valence-electron chi connectivity index (χ2n) is 3.64. The van der Waals surface area contributed by atoms with Gasteiger partial charge in [-0.05, 0) is 17.7 Å². The highest BCUT2D eigenvalue weighted by Gasteiger charge is 2.03. The number of nitrogens with zero attached hydrogens (tertiary/aromatic N) is 3. The Balaban J connectivity index is 2.43. The Bertz CT molecular complexity index is 633. The van der Waals surface area contributed by atoms with Crippen LogP contribution in [0.25, 0.3) is 5.69 Å². The molecule has 0 aliphatic carbocycles. The molecule has 0 spiro atoms. The third-order valence-corrected chi connectivity index (χ3v) is 2.46. The van der Waals surface area contributed by atoms with Crippen molar-refractivity contribution >= 4 is 6.08 Å². The second kappa shape index (κ2) is 4.63. The Kier molecular flexibility index (Phi) is 3.03. The summed E-state index contributed by atoms with van der Waals surface area (Å²) in [4.78, 5) is 25.3. The molecule has 0 atom stereocenters. The van der Waals surface area contributed by atoms with Crippen LogP contribution in [-0.4, -0.2) is 15.2 Å². The van der Waals surface area contributed by atoms with Crippen molar-refractivity contribution in [1.29, 1.82) is 0 Å². The third-order valence-electron chi connectivity index (χ3n) is 2.46. The molecule has 0 fully saturated rings. The number of aryl methyl sites for hydroxylation is 1. The van der Waals surface area contributed by atoms with Crippen LogP contribution in [0.5, 0.6) is 0 Å². The van der Waals surface area contributed by atoms with E-state index in [1.807, 2.05) is 24.3 Å². The number of imidazole rings is 1. The van der Waals surface area contributed by atoms with Gasteiger partial charge in [0.05, 0.1) is 12.2 Å². The Morgan fingerprint density at radius 1 is 1.35 bits per heavy atom. The maximum absolute atomic E-state index is 11.7. The average Bonchev–Trinajstić information content (AvgIpc) is 2.68. The number of isocyanates is 1. The van der Waals surface area contributed by atoms with Crippen LogP contribution >= 0.6 is 0 Å². The van der Waals surface area contributed by atoms with Crippen molar-refractivity contribution in [2.75, 3.05) is 0 Å². The summed E-state index contributed by atoms with van der Waals surface area (Å²) in [5.41, 5.74) is 1.51. The predicted molar refractivity (Wildman–Crippen MR) is 62.8 cm³/mol. The van der Waals surface area contributed by atoms with Crippen LogP contribution in [0.3, 0.4) is 0 Å². The Hall–Kier alpha value is -2.39. The maximum atomic E-state index is 11.7. The van der Waals surface area contributed by atoms with Crippen LogP contribution in [0.15, 0.2) is 46.4 Å². The van der Waals surface area contributed by atoms with Crippen LogP contribution in [0, 0.1) is 0 Å². The molecule has 5 heteroatoms. The normalized spacial score (nSPS) is 9.94. The van der Waals surface area contributed by atoms with E-state index in [1.165, 1.54) is 15.2 Å². The van der Waals surface area contributed by atoms with E-state index in [9.17, 15) is 9.59 Å². The van der Waals surface area contributed by atoms with Crippen LogP contribution in [0.4, 0.5) is 0 Å². The molecule has 1 heterocycles. The van der Waals surface area contributed by atoms with E-state index in [0.29, 0.717) is 0 Å². The number of hydrogen-bond donors (Lipinski definition) is 0. The zero-order valence-corrected chi connectivity index (χ0v) is 9.33. The van der Waals surface area contributed by atoms with E-state index in [4.69, 9.17) is 0 Å². The second-order valence-corrected chi connectivity index (χ2v) is 3.64. The van der Waals surface area contributed by atoms with Gasteiger partial charge in [0.1, 0.15) is 0 Å². The summed E-state index contributed by atoms with van der Waals surface area (Å²) in [7, 11) is 1.69. The molecule has 2 aromatic rings. The largest absolute Gasteiger partial charge is 0.332 e. The lowest BCUT2D eigenvalue weighted by atomic mass is 10.2. The lowest BCUT2D eigenvalue weighted by molar-refractivity contribution is 0.563. The number of aliphatic imine (C=N–C) groups is 1. The Labute approximate surface area is 97.7 Å². The van der Waals surface area contributed by atoms with Gasteiger partial charge in [-0.25, -0.2) is 14.6 Å². The van der Waals surface area contributed by atoms with E-state index in [2.05, 4.69) is 4.99 Å². The molecule has 0 N–H and O–H groups in total. The lowest BCUT2D eigenvalue weighted by Gasteiger charge is -2.02. The molecule has 17 heavy (non-hydrogen) atoms. The first kappa shape index (κ1) is 11.1. The summed E-state index contributed by atoms with van der Waals surface area (Å²) in [5.74, 6) is 0. The van der Waals surface area contributed by atoms with E-state index in [1.54, 1.807) is 19.4 Å². The predicted octanol–water partition coefficient (Wildman–Crippen LogP) is 1.01. The van der Waals surface area contributed by atoms with Crippen molar-refractivity contribution < 1.29 is 4.79 Å². The number of benzene rings is 1. The minimum Gasteiger partial charge on any atom is -0.302 e. The molecule has 2 rings (SSSR count). The standard InChI is InChI=1S/C12H11N3O2/c1-14-5-6-15(12(14)17)11-4-2-3-10(7-11)8-13-9-16/h2-7H,8H2,1H3. The van der Waals surface area contributed by atoms with Gasteiger partial charge in [0.2, 0.25) is 6.08 Å². The first-order valence-corrected chi connectivity index (χ1v) is 5.09. The Morgan fingerprint density at radius 2 is 2.18 bits per heavy atom. The van der Waals surface area contributed by atoms with Gasteiger partial charge >= 0.3 is 5.69 Å². The highest BCUT2D eigenvalue weighted by Crippen LogP contribution is 2.09. The number of rotatable bonds is 3. The van der Waals surface area contributed by atoms with E-state index < -0.39 is 0 Å². The highest BCUT2D eigenvalue weighted by atomic mass is 16.1. The zero-order chi connectivity index (χ0) is 12.3. The van der Waals surface area contributed by atoms with Gasteiger partial charge in [-0.15, -0.1) is 0 Å². The fraction of sp³-hybridized carbons (Fsp3) is 0.167. The zero-order valence-electron chi connectivity index (χ0n) is 9.33. The minimum absolute atomic E-state index is 0.110. The first-order chi connectivity index (χ1) is 8.22. The third kappa shape index (κ3) is 2.24.